The maximum atomic E-state index is 5.77. The molecule has 0 N–H and O–H groups in total. The predicted molar refractivity (Wildman–Crippen MR) is 82.5 cm³/mol. The molecule has 0 aliphatic rings. The fraction of sp³-hybridized carbons (Fsp3) is 0.158. The summed E-state index contributed by atoms with van der Waals surface area (Å²) < 4.78 is 5.77. The van der Waals surface area contributed by atoms with Crippen LogP contribution in [0.4, 0.5) is 0 Å². The first-order chi connectivity index (χ1) is 9.69. The molecule has 0 heterocycles. The fourth-order valence-corrected chi connectivity index (χ4v) is 1.73. The summed E-state index contributed by atoms with van der Waals surface area (Å²) in [6, 6.07) is 15.6. The maximum Gasteiger partial charge on any atom is 0.156 e. The van der Waals surface area contributed by atoms with Gasteiger partial charge in [0.15, 0.2) is 6.10 Å². The number of ether oxygens (including phenoxy) is 1. The Bertz CT molecular complexity index is 678. The van der Waals surface area contributed by atoms with Crippen molar-refractivity contribution >= 4 is 0 Å². The average Bonchev–Trinajstić information content (AvgIpc) is 2.47. The van der Waals surface area contributed by atoms with E-state index in [1.165, 1.54) is 5.56 Å². The number of terminal acetylenes is 1. The first-order valence-corrected chi connectivity index (χ1v) is 6.49. The molecule has 0 fully saturated rings. The number of hydrogen-bond acceptors (Lipinski definition) is 1. The van der Waals surface area contributed by atoms with Crippen LogP contribution in [0.15, 0.2) is 48.5 Å². The Labute approximate surface area is 120 Å². The van der Waals surface area contributed by atoms with Crippen molar-refractivity contribution in [2.75, 3.05) is 0 Å². The van der Waals surface area contributed by atoms with Gasteiger partial charge in [0.2, 0.25) is 0 Å². The molecule has 0 saturated carbocycles. The Morgan fingerprint density at radius 1 is 1.05 bits per heavy atom. The first-order valence-electron chi connectivity index (χ1n) is 6.49. The third-order valence-electron chi connectivity index (χ3n) is 2.82. The molecule has 0 radical (unpaired) electrons. The molecule has 2 aromatic rings. The van der Waals surface area contributed by atoms with Gasteiger partial charge in [0.05, 0.1) is 5.56 Å². The molecule has 0 aromatic heterocycles. The quantitative estimate of drug-likeness (QED) is 0.746. The highest BCUT2D eigenvalue weighted by Crippen LogP contribution is 2.17. The van der Waals surface area contributed by atoms with Gasteiger partial charge in [-0.1, -0.05) is 47.6 Å². The van der Waals surface area contributed by atoms with Crippen molar-refractivity contribution in [3.05, 3.63) is 65.2 Å². The molecule has 0 amide bonds. The van der Waals surface area contributed by atoms with Gasteiger partial charge in [-0.15, -0.1) is 6.42 Å². The molecule has 20 heavy (non-hydrogen) atoms. The van der Waals surface area contributed by atoms with Crippen LogP contribution in [0.1, 0.15) is 23.6 Å². The monoisotopic (exact) mass is 260 g/mol. The normalized spacial score (nSPS) is 10.8. The molecule has 0 aliphatic heterocycles. The standard InChI is InChI=1S/C19H16O/c1-4-18-7-5-6-8-19(18)20-16(3)11-14-17-12-9-15(2)10-13-17/h1,5-10,12-13,16H,2-3H3/t16-/m1/s1. The number of aryl methyl sites for hydroxylation is 1. The van der Waals surface area contributed by atoms with E-state index >= 15 is 0 Å². The van der Waals surface area contributed by atoms with Crippen LogP contribution in [0, 0.1) is 31.1 Å². The van der Waals surface area contributed by atoms with Crippen LogP contribution in [0.5, 0.6) is 5.75 Å². The third kappa shape index (κ3) is 3.67. The van der Waals surface area contributed by atoms with Crippen LogP contribution in [-0.4, -0.2) is 6.10 Å². The topological polar surface area (TPSA) is 9.23 Å². The molecule has 0 saturated heterocycles. The lowest BCUT2D eigenvalue weighted by atomic mass is 10.1. The lowest BCUT2D eigenvalue weighted by Gasteiger charge is -2.10. The highest BCUT2D eigenvalue weighted by Gasteiger charge is 2.03. The lowest BCUT2D eigenvalue weighted by Crippen LogP contribution is -2.09. The summed E-state index contributed by atoms with van der Waals surface area (Å²) in [7, 11) is 0. The summed E-state index contributed by atoms with van der Waals surface area (Å²) in [6.45, 7) is 3.97. The van der Waals surface area contributed by atoms with Crippen molar-refractivity contribution in [1.29, 1.82) is 0 Å². The van der Waals surface area contributed by atoms with Crippen LogP contribution < -0.4 is 4.74 Å². The molecule has 2 rings (SSSR count). The van der Waals surface area contributed by atoms with Crippen molar-refractivity contribution in [1.82, 2.24) is 0 Å². The van der Waals surface area contributed by atoms with Crippen molar-refractivity contribution < 1.29 is 4.74 Å². The predicted octanol–water partition coefficient (Wildman–Crippen LogP) is 3.80. The van der Waals surface area contributed by atoms with Crippen LogP contribution in [0.3, 0.4) is 0 Å². The summed E-state index contributed by atoms with van der Waals surface area (Å²) in [5, 5.41) is 0. The second-order valence-electron chi connectivity index (χ2n) is 4.54. The Kier molecular flexibility index (Phi) is 4.48. The first kappa shape index (κ1) is 13.8. The maximum absolute atomic E-state index is 5.77. The van der Waals surface area contributed by atoms with Gasteiger partial charge in [0, 0.05) is 5.56 Å². The molecule has 0 unspecified atom stereocenters. The highest BCUT2D eigenvalue weighted by atomic mass is 16.5. The van der Waals surface area contributed by atoms with E-state index in [2.05, 4.69) is 24.7 Å². The zero-order valence-corrected chi connectivity index (χ0v) is 11.7. The van der Waals surface area contributed by atoms with E-state index in [1.807, 2.05) is 55.5 Å². The van der Waals surface area contributed by atoms with Crippen molar-refractivity contribution in [2.24, 2.45) is 0 Å². The van der Waals surface area contributed by atoms with E-state index in [9.17, 15) is 0 Å². The van der Waals surface area contributed by atoms with Crippen LogP contribution in [0.25, 0.3) is 0 Å². The molecule has 1 heteroatoms. The Morgan fingerprint density at radius 2 is 1.75 bits per heavy atom. The van der Waals surface area contributed by atoms with Crippen molar-refractivity contribution in [3.8, 4) is 29.9 Å². The van der Waals surface area contributed by atoms with E-state index in [0.717, 1.165) is 11.1 Å². The zero-order chi connectivity index (χ0) is 14.4. The van der Waals surface area contributed by atoms with E-state index in [4.69, 9.17) is 11.2 Å². The summed E-state index contributed by atoms with van der Waals surface area (Å²) in [5.41, 5.74) is 2.95. The number of rotatable bonds is 2. The van der Waals surface area contributed by atoms with E-state index in [-0.39, 0.29) is 6.10 Å². The van der Waals surface area contributed by atoms with Crippen LogP contribution in [0.2, 0.25) is 0 Å². The van der Waals surface area contributed by atoms with E-state index in [1.54, 1.807) is 0 Å². The van der Waals surface area contributed by atoms with Crippen LogP contribution >= 0.6 is 0 Å². The molecular weight excluding hydrogens is 244 g/mol. The number of benzene rings is 2. The van der Waals surface area contributed by atoms with E-state index in [0.29, 0.717) is 5.75 Å². The minimum absolute atomic E-state index is 0.217. The Balaban J connectivity index is 2.08. The Hall–Kier alpha value is -2.64. The summed E-state index contributed by atoms with van der Waals surface area (Å²) in [4.78, 5) is 0. The van der Waals surface area contributed by atoms with Crippen molar-refractivity contribution in [2.45, 2.75) is 20.0 Å². The van der Waals surface area contributed by atoms with Gasteiger partial charge in [-0.3, -0.25) is 0 Å². The smallest absolute Gasteiger partial charge is 0.156 e. The molecule has 98 valence electrons. The van der Waals surface area contributed by atoms with Gasteiger partial charge in [0.1, 0.15) is 5.75 Å². The number of para-hydroxylation sites is 1. The highest BCUT2D eigenvalue weighted by molar-refractivity contribution is 5.45. The van der Waals surface area contributed by atoms with Crippen molar-refractivity contribution in [3.63, 3.8) is 0 Å². The minimum atomic E-state index is -0.217. The van der Waals surface area contributed by atoms with Gasteiger partial charge in [-0.2, -0.15) is 0 Å². The molecule has 1 nitrogen and oxygen atoms in total. The minimum Gasteiger partial charge on any atom is -0.477 e. The third-order valence-corrected chi connectivity index (χ3v) is 2.82. The van der Waals surface area contributed by atoms with Gasteiger partial charge in [-0.25, -0.2) is 0 Å². The second kappa shape index (κ2) is 6.50. The fourth-order valence-electron chi connectivity index (χ4n) is 1.73. The summed E-state index contributed by atoms with van der Waals surface area (Å²) in [6.07, 6.45) is 5.22. The molecule has 0 bridgehead atoms. The van der Waals surface area contributed by atoms with Gasteiger partial charge in [-0.05, 0) is 38.1 Å². The summed E-state index contributed by atoms with van der Waals surface area (Å²) in [5.74, 6) is 9.48. The average molecular weight is 260 g/mol. The lowest BCUT2D eigenvalue weighted by molar-refractivity contribution is 0.278. The zero-order valence-electron chi connectivity index (χ0n) is 11.7. The van der Waals surface area contributed by atoms with E-state index < -0.39 is 0 Å². The SMILES string of the molecule is C#Cc1ccccc1O[C@H](C)C#Cc1ccc(C)cc1. The summed E-state index contributed by atoms with van der Waals surface area (Å²) >= 11 is 0. The molecule has 0 aliphatic carbocycles. The second-order valence-corrected chi connectivity index (χ2v) is 4.54. The van der Waals surface area contributed by atoms with Crippen LogP contribution in [-0.2, 0) is 0 Å². The molecule has 0 spiro atoms. The van der Waals surface area contributed by atoms with Gasteiger partial charge < -0.3 is 4.74 Å². The largest absolute Gasteiger partial charge is 0.477 e. The number of hydrogen-bond donors (Lipinski definition) is 0. The van der Waals surface area contributed by atoms with Gasteiger partial charge in [0.25, 0.3) is 0 Å². The molecule has 2 aromatic carbocycles. The Morgan fingerprint density at radius 3 is 2.45 bits per heavy atom. The van der Waals surface area contributed by atoms with Gasteiger partial charge >= 0.3 is 0 Å². The molecule has 1 atom stereocenters. The molecular formula is C19H16O.